The maximum absolute atomic E-state index is 10.5. The lowest BCUT2D eigenvalue weighted by Crippen LogP contribution is -2.34. The molecule has 0 amide bonds. The summed E-state index contributed by atoms with van der Waals surface area (Å²) in [6, 6.07) is 1.89. The van der Waals surface area contributed by atoms with Crippen molar-refractivity contribution < 1.29 is 9.52 Å². The van der Waals surface area contributed by atoms with Gasteiger partial charge in [-0.1, -0.05) is 13.3 Å². The average molecular weight is 223 g/mol. The summed E-state index contributed by atoms with van der Waals surface area (Å²) in [4.78, 5) is 0. The Morgan fingerprint density at radius 3 is 2.88 bits per heavy atom. The van der Waals surface area contributed by atoms with Gasteiger partial charge in [0.05, 0.1) is 6.26 Å². The van der Waals surface area contributed by atoms with Gasteiger partial charge in [0.2, 0.25) is 0 Å². The third-order valence-corrected chi connectivity index (χ3v) is 4.03. The molecule has 1 fully saturated rings. The monoisotopic (exact) mass is 223 g/mol. The fourth-order valence-corrected chi connectivity index (χ4v) is 2.92. The van der Waals surface area contributed by atoms with Crippen LogP contribution in [0.25, 0.3) is 0 Å². The molecule has 3 heteroatoms. The Morgan fingerprint density at radius 2 is 2.44 bits per heavy atom. The van der Waals surface area contributed by atoms with Crippen LogP contribution in [0, 0.1) is 18.3 Å². The van der Waals surface area contributed by atoms with Gasteiger partial charge in [-0.25, -0.2) is 0 Å². The Labute approximate surface area is 96.6 Å². The van der Waals surface area contributed by atoms with Crippen molar-refractivity contribution in [2.24, 2.45) is 17.1 Å². The minimum atomic E-state index is -0.558. The maximum Gasteiger partial charge on any atom is 0.135 e. The Balaban J connectivity index is 2.26. The minimum absolute atomic E-state index is 0.179. The van der Waals surface area contributed by atoms with Crippen molar-refractivity contribution in [1.82, 2.24) is 0 Å². The number of aryl methyl sites for hydroxylation is 1. The van der Waals surface area contributed by atoms with Gasteiger partial charge in [-0.2, -0.15) is 0 Å². The summed E-state index contributed by atoms with van der Waals surface area (Å²) in [5.41, 5.74) is 6.72. The van der Waals surface area contributed by atoms with Crippen molar-refractivity contribution in [3.8, 4) is 0 Å². The second-order valence-electron chi connectivity index (χ2n) is 5.28. The first-order chi connectivity index (χ1) is 7.59. The first-order valence-electron chi connectivity index (χ1n) is 6.01. The van der Waals surface area contributed by atoms with E-state index < -0.39 is 6.10 Å². The van der Waals surface area contributed by atoms with Gasteiger partial charge in [-0.15, -0.1) is 0 Å². The molecule has 0 aliphatic heterocycles. The normalized spacial score (nSPS) is 31.9. The minimum Gasteiger partial charge on any atom is -0.466 e. The van der Waals surface area contributed by atoms with Crippen LogP contribution in [-0.4, -0.2) is 11.7 Å². The number of aliphatic hydroxyl groups excluding tert-OH is 1. The number of hydrogen-bond donors (Lipinski definition) is 2. The van der Waals surface area contributed by atoms with Gasteiger partial charge in [-0.3, -0.25) is 0 Å². The molecular formula is C13H21NO2. The van der Waals surface area contributed by atoms with Crippen LogP contribution in [0.5, 0.6) is 0 Å². The molecule has 1 heterocycles. The largest absolute Gasteiger partial charge is 0.466 e. The molecule has 1 aromatic heterocycles. The van der Waals surface area contributed by atoms with E-state index in [1.807, 2.05) is 13.0 Å². The van der Waals surface area contributed by atoms with E-state index in [0.29, 0.717) is 18.2 Å². The standard InChI is InChI=1S/C13H21NO2/c1-9-3-5-13(7-9,8-14)12(15)11-10(2)4-6-16-11/h4,6,9,12,15H,3,5,7-8,14H2,1-2H3. The Kier molecular flexibility index (Phi) is 3.08. The third-order valence-electron chi connectivity index (χ3n) is 4.03. The van der Waals surface area contributed by atoms with Gasteiger partial charge in [0.15, 0.2) is 0 Å². The second kappa shape index (κ2) is 4.22. The Hall–Kier alpha value is -0.800. The van der Waals surface area contributed by atoms with Crippen LogP contribution >= 0.6 is 0 Å². The summed E-state index contributed by atoms with van der Waals surface area (Å²) in [5, 5.41) is 10.5. The first kappa shape index (κ1) is 11.7. The molecule has 16 heavy (non-hydrogen) atoms. The van der Waals surface area contributed by atoms with Crippen molar-refractivity contribution in [1.29, 1.82) is 0 Å². The molecule has 2 rings (SSSR count). The number of hydrogen-bond acceptors (Lipinski definition) is 3. The highest BCUT2D eigenvalue weighted by atomic mass is 16.4. The molecule has 1 saturated carbocycles. The summed E-state index contributed by atoms with van der Waals surface area (Å²) in [5.74, 6) is 1.34. The first-order valence-corrected chi connectivity index (χ1v) is 6.01. The average Bonchev–Trinajstić information content (AvgIpc) is 2.84. The van der Waals surface area contributed by atoms with E-state index in [1.54, 1.807) is 6.26 Å². The fourth-order valence-electron chi connectivity index (χ4n) is 2.92. The molecule has 0 radical (unpaired) electrons. The highest BCUT2D eigenvalue weighted by Crippen LogP contribution is 2.49. The SMILES string of the molecule is Cc1ccoc1C(O)C1(CN)CCC(C)C1. The lowest BCUT2D eigenvalue weighted by Gasteiger charge is -2.32. The molecule has 1 aliphatic rings. The van der Waals surface area contributed by atoms with Gasteiger partial charge in [0.1, 0.15) is 11.9 Å². The van der Waals surface area contributed by atoms with Crippen LogP contribution in [0.2, 0.25) is 0 Å². The summed E-state index contributed by atoms with van der Waals surface area (Å²) < 4.78 is 5.40. The Bertz CT molecular complexity index is 361. The number of aliphatic hydroxyl groups is 1. The van der Waals surface area contributed by atoms with Crippen molar-refractivity contribution in [3.63, 3.8) is 0 Å². The van der Waals surface area contributed by atoms with Gasteiger partial charge < -0.3 is 15.3 Å². The topological polar surface area (TPSA) is 59.4 Å². The highest BCUT2D eigenvalue weighted by molar-refractivity contribution is 5.20. The number of nitrogens with two attached hydrogens (primary N) is 1. The van der Waals surface area contributed by atoms with E-state index in [2.05, 4.69) is 6.92 Å². The maximum atomic E-state index is 10.5. The van der Waals surface area contributed by atoms with Crippen LogP contribution in [0.4, 0.5) is 0 Å². The molecule has 3 unspecified atom stereocenters. The summed E-state index contributed by atoms with van der Waals surface area (Å²) in [6.07, 6.45) is 4.21. The third kappa shape index (κ3) is 1.78. The second-order valence-corrected chi connectivity index (χ2v) is 5.28. The van der Waals surface area contributed by atoms with E-state index in [-0.39, 0.29) is 5.41 Å². The van der Waals surface area contributed by atoms with Gasteiger partial charge >= 0.3 is 0 Å². The highest BCUT2D eigenvalue weighted by Gasteiger charge is 2.44. The summed E-state index contributed by atoms with van der Waals surface area (Å²) in [6.45, 7) is 4.71. The molecule has 1 aliphatic carbocycles. The van der Waals surface area contributed by atoms with Crippen molar-refractivity contribution in [2.75, 3.05) is 6.54 Å². The van der Waals surface area contributed by atoms with Crippen LogP contribution < -0.4 is 5.73 Å². The van der Waals surface area contributed by atoms with Crippen LogP contribution in [0.3, 0.4) is 0 Å². The predicted molar refractivity (Wildman–Crippen MR) is 62.9 cm³/mol. The van der Waals surface area contributed by atoms with E-state index >= 15 is 0 Å². The number of furan rings is 1. The smallest absolute Gasteiger partial charge is 0.135 e. The quantitative estimate of drug-likeness (QED) is 0.827. The van der Waals surface area contributed by atoms with Crippen molar-refractivity contribution in [3.05, 3.63) is 23.7 Å². The van der Waals surface area contributed by atoms with Gasteiger partial charge in [0, 0.05) is 12.0 Å². The zero-order valence-electron chi connectivity index (χ0n) is 10.1. The molecule has 90 valence electrons. The molecule has 3 N–H and O–H groups in total. The lowest BCUT2D eigenvalue weighted by molar-refractivity contribution is 0.0137. The molecule has 0 bridgehead atoms. The van der Waals surface area contributed by atoms with E-state index in [1.165, 1.54) is 0 Å². The van der Waals surface area contributed by atoms with Gasteiger partial charge in [0.25, 0.3) is 0 Å². The zero-order valence-corrected chi connectivity index (χ0v) is 10.1. The molecule has 3 nitrogen and oxygen atoms in total. The van der Waals surface area contributed by atoms with Crippen molar-refractivity contribution >= 4 is 0 Å². The van der Waals surface area contributed by atoms with E-state index in [9.17, 15) is 5.11 Å². The van der Waals surface area contributed by atoms with Crippen LogP contribution in [0.15, 0.2) is 16.7 Å². The molecule has 1 aromatic rings. The number of rotatable bonds is 3. The molecule has 0 saturated heterocycles. The zero-order chi connectivity index (χ0) is 11.8. The fraction of sp³-hybridized carbons (Fsp3) is 0.692. The summed E-state index contributed by atoms with van der Waals surface area (Å²) in [7, 11) is 0. The molecular weight excluding hydrogens is 202 g/mol. The van der Waals surface area contributed by atoms with E-state index in [4.69, 9.17) is 10.2 Å². The van der Waals surface area contributed by atoms with E-state index in [0.717, 1.165) is 24.8 Å². The molecule has 0 spiro atoms. The predicted octanol–water partition coefficient (Wildman–Crippen LogP) is 2.39. The molecule has 3 atom stereocenters. The lowest BCUT2D eigenvalue weighted by atomic mass is 9.78. The van der Waals surface area contributed by atoms with Crippen LogP contribution in [-0.2, 0) is 0 Å². The van der Waals surface area contributed by atoms with Crippen LogP contribution in [0.1, 0.15) is 43.6 Å². The summed E-state index contributed by atoms with van der Waals surface area (Å²) >= 11 is 0. The van der Waals surface area contributed by atoms with Gasteiger partial charge in [-0.05, 0) is 37.3 Å². The molecule has 0 aromatic carbocycles. The Morgan fingerprint density at radius 1 is 1.69 bits per heavy atom. The van der Waals surface area contributed by atoms with Crippen molar-refractivity contribution in [2.45, 2.75) is 39.2 Å².